The molecule has 102 valence electrons. The van der Waals surface area contributed by atoms with E-state index in [1.54, 1.807) is 11.8 Å². The minimum atomic E-state index is 0.603. The minimum Gasteiger partial charge on any atom is -0.421 e. The van der Waals surface area contributed by atoms with Gasteiger partial charge in [-0.15, -0.1) is 22.0 Å². The number of hydrogen-bond acceptors (Lipinski definition) is 5. The molecule has 0 aliphatic heterocycles. The van der Waals surface area contributed by atoms with Crippen molar-refractivity contribution in [2.24, 2.45) is 0 Å². The second-order valence-electron chi connectivity index (χ2n) is 4.19. The van der Waals surface area contributed by atoms with Crippen LogP contribution in [0.2, 0.25) is 0 Å². The molecule has 0 radical (unpaired) electrons. The van der Waals surface area contributed by atoms with Crippen LogP contribution in [0.25, 0.3) is 11.5 Å². The third-order valence-electron chi connectivity index (χ3n) is 2.80. The van der Waals surface area contributed by atoms with Crippen molar-refractivity contribution in [3.63, 3.8) is 0 Å². The summed E-state index contributed by atoms with van der Waals surface area (Å²) in [6, 6.07) is 8.16. The monoisotopic (exact) mass is 277 g/mol. The van der Waals surface area contributed by atoms with Gasteiger partial charge in [-0.3, -0.25) is 0 Å². The smallest absolute Gasteiger partial charge is 0.247 e. The summed E-state index contributed by atoms with van der Waals surface area (Å²) in [5.74, 6) is 1.31. The quantitative estimate of drug-likeness (QED) is 0.623. The number of benzene rings is 1. The van der Waals surface area contributed by atoms with Crippen molar-refractivity contribution in [3.05, 3.63) is 30.2 Å². The fourth-order valence-electron chi connectivity index (χ4n) is 1.75. The number of aromatic nitrogens is 2. The van der Waals surface area contributed by atoms with Gasteiger partial charge < -0.3 is 9.73 Å². The normalized spacial score (nSPS) is 10.8. The Hall–Kier alpha value is -1.33. The van der Waals surface area contributed by atoms with Gasteiger partial charge in [0.1, 0.15) is 0 Å². The topological polar surface area (TPSA) is 51.0 Å². The third-order valence-corrected chi connectivity index (χ3v) is 3.54. The number of nitrogens with one attached hydrogen (secondary N) is 1. The van der Waals surface area contributed by atoms with Gasteiger partial charge in [-0.05, 0) is 50.0 Å². The Morgan fingerprint density at radius 1 is 1.21 bits per heavy atom. The summed E-state index contributed by atoms with van der Waals surface area (Å²) >= 11 is 1.72. The molecular weight excluding hydrogens is 258 g/mol. The first-order valence-electron chi connectivity index (χ1n) is 6.51. The van der Waals surface area contributed by atoms with E-state index in [9.17, 15) is 0 Å². The molecule has 0 amide bonds. The summed E-state index contributed by atoms with van der Waals surface area (Å²) < 4.78 is 5.67. The van der Waals surface area contributed by atoms with Gasteiger partial charge in [0.25, 0.3) is 0 Å². The van der Waals surface area contributed by atoms with E-state index < -0.39 is 0 Å². The third kappa shape index (κ3) is 4.08. The molecule has 2 rings (SSSR count). The average molecular weight is 277 g/mol. The summed E-state index contributed by atoms with van der Waals surface area (Å²) in [5, 5.41) is 11.5. The van der Waals surface area contributed by atoms with Gasteiger partial charge in [0.05, 0.1) is 0 Å². The zero-order valence-corrected chi connectivity index (χ0v) is 12.2. The minimum absolute atomic E-state index is 0.603. The predicted molar refractivity (Wildman–Crippen MR) is 78.4 cm³/mol. The standard InChI is InChI=1S/C14H19N3OS/c1-3-15-10-4-5-13-16-17-14(18-13)11-6-8-12(19-2)9-7-11/h6-9,15H,3-5,10H2,1-2H3. The lowest BCUT2D eigenvalue weighted by molar-refractivity contribution is 0.492. The molecule has 0 fully saturated rings. The molecule has 1 heterocycles. The van der Waals surface area contributed by atoms with E-state index in [-0.39, 0.29) is 0 Å². The van der Waals surface area contributed by atoms with Crippen LogP contribution in [0, 0.1) is 0 Å². The molecule has 5 heteroatoms. The Labute approximate surface area is 118 Å². The van der Waals surface area contributed by atoms with E-state index in [2.05, 4.69) is 40.8 Å². The van der Waals surface area contributed by atoms with Crippen molar-refractivity contribution < 1.29 is 4.42 Å². The van der Waals surface area contributed by atoms with Gasteiger partial charge in [0.2, 0.25) is 11.8 Å². The average Bonchev–Trinajstić information content (AvgIpc) is 2.92. The Morgan fingerprint density at radius 3 is 2.68 bits per heavy atom. The summed E-state index contributed by atoms with van der Waals surface area (Å²) in [6.45, 7) is 4.08. The van der Waals surface area contributed by atoms with E-state index in [4.69, 9.17) is 4.42 Å². The molecule has 0 spiro atoms. The van der Waals surface area contributed by atoms with Crippen LogP contribution in [-0.2, 0) is 6.42 Å². The molecule has 1 aromatic heterocycles. The van der Waals surface area contributed by atoms with E-state index in [1.807, 2.05) is 12.1 Å². The molecule has 0 aliphatic carbocycles. The molecule has 0 atom stereocenters. The maximum absolute atomic E-state index is 5.67. The Bertz CT molecular complexity index is 496. The van der Waals surface area contributed by atoms with Gasteiger partial charge in [0.15, 0.2) is 0 Å². The van der Waals surface area contributed by atoms with E-state index in [1.165, 1.54) is 4.90 Å². The Kier molecular flexibility index (Phi) is 5.42. The molecule has 4 nitrogen and oxygen atoms in total. The molecule has 0 saturated carbocycles. The van der Waals surface area contributed by atoms with Crippen molar-refractivity contribution in [1.29, 1.82) is 0 Å². The van der Waals surface area contributed by atoms with E-state index >= 15 is 0 Å². The molecule has 0 unspecified atom stereocenters. The SMILES string of the molecule is CCNCCCc1nnc(-c2ccc(SC)cc2)o1. The number of hydrogen-bond donors (Lipinski definition) is 1. The maximum atomic E-state index is 5.67. The van der Waals surface area contributed by atoms with E-state index in [0.29, 0.717) is 11.8 Å². The van der Waals surface area contributed by atoms with Crippen LogP contribution in [0.5, 0.6) is 0 Å². The highest BCUT2D eigenvalue weighted by Crippen LogP contribution is 2.22. The van der Waals surface area contributed by atoms with Gasteiger partial charge in [-0.1, -0.05) is 6.92 Å². The first kappa shape index (κ1) is 14.1. The van der Waals surface area contributed by atoms with Crippen LogP contribution in [0.4, 0.5) is 0 Å². The predicted octanol–water partition coefficient (Wildman–Crippen LogP) is 3.00. The van der Waals surface area contributed by atoms with Crippen LogP contribution in [-0.4, -0.2) is 29.5 Å². The van der Waals surface area contributed by atoms with Gasteiger partial charge in [-0.2, -0.15) is 0 Å². The Balaban J connectivity index is 1.95. The maximum Gasteiger partial charge on any atom is 0.247 e. The molecule has 0 aliphatic rings. The van der Waals surface area contributed by atoms with Gasteiger partial charge >= 0.3 is 0 Å². The highest BCUT2D eigenvalue weighted by atomic mass is 32.2. The van der Waals surface area contributed by atoms with Gasteiger partial charge in [0, 0.05) is 16.9 Å². The van der Waals surface area contributed by atoms with Crippen molar-refractivity contribution in [1.82, 2.24) is 15.5 Å². The summed E-state index contributed by atoms with van der Waals surface area (Å²) in [4.78, 5) is 1.23. The van der Waals surface area contributed by atoms with Gasteiger partial charge in [-0.25, -0.2) is 0 Å². The zero-order valence-electron chi connectivity index (χ0n) is 11.3. The molecule has 0 saturated heterocycles. The number of aryl methyl sites for hydroxylation is 1. The lowest BCUT2D eigenvalue weighted by atomic mass is 10.2. The second kappa shape index (κ2) is 7.31. The molecular formula is C14H19N3OS. The first-order valence-corrected chi connectivity index (χ1v) is 7.73. The fraction of sp³-hybridized carbons (Fsp3) is 0.429. The molecule has 1 aromatic carbocycles. The second-order valence-corrected chi connectivity index (χ2v) is 5.07. The largest absolute Gasteiger partial charge is 0.421 e. The fourth-order valence-corrected chi connectivity index (χ4v) is 2.15. The van der Waals surface area contributed by atoms with Crippen LogP contribution >= 0.6 is 11.8 Å². The molecule has 0 bridgehead atoms. The summed E-state index contributed by atoms with van der Waals surface area (Å²) in [5.41, 5.74) is 0.975. The highest BCUT2D eigenvalue weighted by molar-refractivity contribution is 7.98. The lowest BCUT2D eigenvalue weighted by Gasteiger charge is -1.98. The highest BCUT2D eigenvalue weighted by Gasteiger charge is 2.08. The first-order chi connectivity index (χ1) is 9.33. The van der Waals surface area contributed by atoms with Crippen molar-refractivity contribution in [2.45, 2.75) is 24.7 Å². The molecule has 2 aromatic rings. The lowest BCUT2D eigenvalue weighted by Crippen LogP contribution is -2.14. The van der Waals surface area contributed by atoms with Crippen LogP contribution in [0.15, 0.2) is 33.6 Å². The number of thioether (sulfide) groups is 1. The van der Waals surface area contributed by atoms with Crippen LogP contribution < -0.4 is 5.32 Å². The summed E-state index contributed by atoms with van der Waals surface area (Å²) in [7, 11) is 0. The van der Waals surface area contributed by atoms with Crippen LogP contribution in [0.1, 0.15) is 19.2 Å². The van der Waals surface area contributed by atoms with E-state index in [0.717, 1.165) is 31.5 Å². The van der Waals surface area contributed by atoms with Crippen LogP contribution in [0.3, 0.4) is 0 Å². The molecule has 19 heavy (non-hydrogen) atoms. The molecule has 1 N–H and O–H groups in total. The Morgan fingerprint density at radius 2 is 2.00 bits per heavy atom. The number of rotatable bonds is 7. The number of nitrogens with zero attached hydrogens (tertiary/aromatic N) is 2. The van der Waals surface area contributed by atoms with Crippen molar-refractivity contribution in [3.8, 4) is 11.5 Å². The van der Waals surface area contributed by atoms with Crippen molar-refractivity contribution >= 4 is 11.8 Å². The van der Waals surface area contributed by atoms with Crippen molar-refractivity contribution in [2.75, 3.05) is 19.3 Å². The zero-order chi connectivity index (χ0) is 13.5. The summed E-state index contributed by atoms with van der Waals surface area (Å²) in [6.07, 6.45) is 3.90.